The Labute approximate surface area is 110 Å². The molecule has 2 aromatic rings. The number of amides is 2. The van der Waals surface area contributed by atoms with E-state index in [1.807, 2.05) is 6.07 Å². The van der Waals surface area contributed by atoms with Crippen LogP contribution in [0, 0.1) is 0 Å². The minimum atomic E-state index is -0.853. The van der Waals surface area contributed by atoms with Crippen molar-refractivity contribution in [3.8, 4) is 0 Å². The summed E-state index contributed by atoms with van der Waals surface area (Å²) in [5.41, 5.74) is 6.35. The molecule has 0 aliphatic heterocycles. The Hall–Kier alpha value is -2.69. The van der Waals surface area contributed by atoms with E-state index in [1.54, 1.807) is 42.6 Å². The van der Waals surface area contributed by atoms with Crippen LogP contribution in [0.5, 0.6) is 0 Å². The second-order valence-electron chi connectivity index (χ2n) is 3.96. The maximum Gasteiger partial charge on any atom is 0.253 e. The Morgan fingerprint density at radius 2 is 1.84 bits per heavy atom. The van der Waals surface area contributed by atoms with Crippen molar-refractivity contribution in [3.05, 3.63) is 66.0 Å². The first-order valence-corrected chi connectivity index (χ1v) is 5.73. The molecule has 19 heavy (non-hydrogen) atoms. The molecule has 0 aliphatic carbocycles. The van der Waals surface area contributed by atoms with Crippen LogP contribution in [0.15, 0.2) is 54.9 Å². The second kappa shape index (κ2) is 5.77. The Kier molecular flexibility index (Phi) is 3.87. The first kappa shape index (κ1) is 12.8. The molecule has 1 heterocycles. The van der Waals surface area contributed by atoms with Gasteiger partial charge >= 0.3 is 0 Å². The third kappa shape index (κ3) is 3.16. The van der Waals surface area contributed by atoms with Crippen LogP contribution in [-0.2, 0) is 4.79 Å². The number of pyridine rings is 1. The molecule has 1 aromatic heterocycles. The van der Waals surface area contributed by atoms with Crippen molar-refractivity contribution in [2.75, 3.05) is 0 Å². The molecule has 5 nitrogen and oxygen atoms in total. The van der Waals surface area contributed by atoms with Gasteiger partial charge < -0.3 is 11.1 Å². The molecule has 0 radical (unpaired) electrons. The molecular formula is C14H13N3O2. The first-order valence-electron chi connectivity index (χ1n) is 5.73. The Balaban J connectivity index is 2.19. The SMILES string of the molecule is NC(=O)C(NC(=O)c1cccnc1)c1ccccc1. The number of hydrogen-bond donors (Lipinski definition) is 2. The predicted molar refractivity (Wildman–Crippen MR) is 70.1 cm³/mol. The Morgan fingerprint density at radius 3 is 2.42 bits per heavy atom. The summed E-state index contributed by atoms with van der Waals surface area (Å²) in [5.74, 6) is -0.996. The molecule has 0 saturated carbocycles. The smallest absolute Gasteiger partial charge is 0.253 e. The van der Waals surface area contributed by atoms with Gasteiger partial charge in [0.25, 0.3) is 5.91 Å². The molecule has 0 saturated heterocycles. The highest BCUT2D eigenvalue weighted by atomic mass is 16.2. The van der Waals surface area contributed by atoms with Crippen LogP contribution in [-0.4, -0.2) is 16.8 Å². The molecule has 1 unspecified atom stereocenters. The van der Waals surface area contributed by atoms with Crippen molar-refractivity contribution < 1.29 is 9.59 Å². The fraction of sp³-hybridized carbons (Fsp3) is 0.0714. The molecule has 3 N–H and O–H groups in total. The van der Waals surface area contributed by atoms with Gasteiger partial charge in [0.15, 0.2) is 0 Å². The van der Waals surface area contributed by atoms with Crippen LogP contribution in [0.2, 0.25) is 0 Å². The molecule has 0 aliphatic rings. The van der Waals surface area contributed by atoms with Crippen molar-refractivity contribution in [1.82, 2.24) is 10.3 Å². The lowest BCUT2D eigenvalue weighted by molar-refractivity contribution is -0.120. The number of aromatic nitrogens is 1. The van der Waals surface area contributed by atoms with Gasteiger partial charge in [-0.2, -0.15) is 0 Å². The molecule has 2 rings (SSSR count). The van der Waals surface area contributed by atoms with Gasteiger partial charge in [-0.1, -0.05) is 30.3 Å². The summed E-state index contributed by atoms with van der Waals surface area (Å²) >= 11 is 0. The highest BCUT2D eigenvalue weighted by molar-refractivity contribution is 5.97. The number of nitrogens with one attached hydrogen (secondary N) is 1. The van der Waals surface area contributed by atoms with Gasteiger partial charge in [-0.15, -0.1) is 0 Å². The van der Waals surface area contributed by atoms with Crippen LogP contribution in [0.3, 0.4) is 0 Å². The maximum absolute atomic E-state index is 12.0. The topological polar surface area (TPSA) is 85.1 Å². The van der Waals surface area contributed by atoms with Gasteiger partial charge in [0.1, 0.15) is 6.04 Å². The van der Waals surface area contributed by atoms with Gasteiger partial charge in [-0.25, -0.2) is 0 Å². The van der Waals surface area contributed by atoms with Crippen LogP contribution in [0.4, 0.5) is 0 Å². The maximum atomic E-state index is 12.0. The molecule has 2 amide bonds. The van der Waals surface area contributed by atoms with E-state index in [1.165, 1.54) is 6.20 Å². The minimum absolute atomic E-state index is 0.379. The molecule has 0 spiro atoms. The third-order valence-corrected chi connectivity index (χ3v) is 2.62. The predicted octanol–water partition coefficient (Wildman–Crippen LogP) is 1.04. The fourth-order valence-electron chi connectivity index (χ4n) is 1.68. The van der Waals surface area contributed by atoms with Gasteiger partial charge in [0.2, 0.25) is 5.91 Å². The summed E-state index contributed by atoms with van der Waals surface area (Å²) < 4.78 is 0. The molecular weight excluding hydrogens is 242 g/mol. The van der Waals surface area contributed by atoms with Crippen molar-refractivity contribution in [2.45, 2.75) is 6.04 Å². The summed E-state index contributed by atoms with van der Waals surface area (Å²) in [6.45, 7) is 0. The third-order valence-electron chi connectivity index (χ3n) is 2.62. The largest absolute Gasteiger partial charge is 0.368 e. The molecule has 0 fully saturated rings. The van der Waals surface area contributed by atoms with Crippen molar-refractivity contribution >= 4 is 11.8 Å². The average molecular weight is 255 g/mol. The monoisotopic (exact) mass is 255 g/mol. The standard InChI is InChI=1S/C14H13N3O2/c15-13(18)12(10-5-2-1-3-6-10)17-14(19)11-7-4-8-16-9-11/h1-9,12H,(H2,15,18)(H,17,19). The van der Waals surface area contributed by atoms with Gasteiger partial charge in [0.05, 0.1) is 5.56 Å². The van der Waals surface area contributed by atoms with Crippen molar-refractivity contribution in [1.29, 1.82) is 0 Å². The average Bonchev–Trinajstić information content (AvgIpc) is 2.46. The van der Waals surface area contributed by atoms with E-state index >= 15 is 0 Å². The second-order valence-corrected chi connectivity index (χ2v) is 3.96. The number of rotatable bonds is 4. The summed E-state index contributed by atoms with van der Waals surface area (Å²) in [4.78, 5) is 27.3. The van der Waals surface area contributed by atoms with E-state index in [-0.39, 0.29) is 5.91 Å². The fourth-order valence-corrected chi connectivity index (χ4v) is 1.68. The molecule has 1 atom stereocenters. The van der Waals surface area contributed by atoms with Gasteiger partial charge in [-0.05, 0) is 17.7 Å². The summed E-state index contributed by atoms with van der Waals surface area (Å²) in [7, 11) is 0. The number of hydrogen-bond acceptors (Lipinski definition) is 3. The zero-order valence-corrected chi connectivity index (χ0v) is 10.1. The van der Waals surface area contributed by atoms with Crippen LogP contribution in [0.1, 0.15) is 22.0 Å². The molecule has 96 valence electrons. The van der Waals surface area contributed by atoms with Gasteiger partial charge in [-0.3, -0.25) is 14.6 Å². The van der Waals surface area contributed by atoms with Gasteiger partial charge in [0, 0.05) is 12.4 Å². The number of primary amides is 1. The van der Waals surface area contributed by atoms with E-state index in [2.05, 4.69) is 10.3 Å². The van der Waals surface area contributed by atoms with E-state index < -0.39 is 11.9 Å². The molecule has 1 aromatic carbocycles. The lowest BCUT2D eigenvalue weighted by atomic mass is 10.1. The lowest BCUT2D eigenvalue weighted by Gasteiger charge is -2.15. The summed E-state index contributed by atoms with van der Waals surface area (Å²) in [5, 5.41) is 2.60. The van der Waals surface area contributed by atoms with Crippen LogP contribution >= 0.6 is 0 Å². The highest BCUT2D eigenvalue weighted by Crippen LogP contribution is 2.12. The molecule has 0 bridgehead atoms. The zero-order chi connectivity index (χ0) is 13.7. The highest BCUT2D eigenvalue weighted by Gasteiger charge is 2.20. The van der Waals surface area contributed by atoms with Crippen LogP contribution < -0.4 is 11.1 Å². The normalized spacial score (nSPS) is 11.6. The van der Waals surface area contributed by atoms with Crippen molar-refractivity contribution in [3.63, 3.8) is 0 Å². The van der Waals surface area contributed by atoms with E-state index in [9.17, 15) is 9.59 Å². The Bertz CT molecular complexity index is 570. The number of carbonyl (C=O) groups is 2. The first-order chi connectivity index (χ1) is 9.18. The number of nitrogens with two attached hydrogens (primary N) is 1. The van der Waals surface area contributed by atoms with E-state index in [0.29, 0.717) is 11.1 Å². The number of benzene rings is 1. The summed E-state index contributed by atoms with van der Waals surface area (Å²) in [6, 6.07) is 11.3. The molecule has 5 heteroatoms. The van der Waals surface area contributed by atoms with E-state index in [0.717, 1.165) is 0 Å². The quantitative estimate of drug-likeness (QED) is 0.855. The van der Waals surface area contributed by atoms with Crippen molar-refractivity contribution in [2.24, 2.45) is 5.73 Å². The van der Waals surface area contributed by atoms with Crippen LogP contribution in [0.25, 0.3) is 0 Å². The lowest BCUT2D eigenvalue weighted by Crippen LogP contribution is -2.37. The van der Waals surface area contributed by atoms with E-state index in [4.69, 9.17) is 5.73 Å². The number of carbonyl (C=O) groups excluding carboxylic acids is 2. The minimum Gasteiger partial charge on any atom is -0.368 e. The Morgan fingerprint density at radius 1 is 1.11 bits per heavy atom. The number of nitrogens with zero attached hydrogens (tertiary/aromatic N) is 1. The zero-order valence-electron chi connectivity index (χ0n) is 10.1. The summed E-state index contributed by atoms with van der Waals surface area (Å²) in [6.07, 6.45) is 3.00.